The fraction of sp³-hybridized carbons (Fsp3) is 0.900. The minimum absolute atomic E-state index is 0.736. The van der Waals surface area contributed by atoms with Gasteiger partial charge in [-0.05, 0) is 45.2 Å². The number of nitriles is 1. The fourth-order valence-electron chi connectivity index (χ4n) is 1.98. The lowest BCUT2D eigenvalue weighted by molar-refractivity contribution is 0.200. The maximum absolute atomic E-state index is 8.39. The highest BCUT2D eigenvalue weighted by Gasteiger charge is 2.15. The van der Waals surface area contributed by atoms with Crippen LogP contribution >= 0.6 is 0 Å². The van der Waals surface area contributed by atoms with E-state index in [0.29, 0.717) is 0 Å². The predicted molar refractivity (Wildman–Crippen MR) is 49.7 cm³/mol. The Bertz CT molecular complexity index is 160. The third kappa shape index (κ3) is 3.23. The van der Waals surface area contributed by atoms with Crippen LogP contribution in [0.25, 0.3) is 0 Å². The van der Waals surface area contributed by atoms with E-state index in [-0.39, 0.29) is 0 Å². The molecule has 0 radical (unpaired) electrons. The smallest absolute Gasteiger partial charge is 0.0621 e. The molecular formula is C10H18N2. The molecule has 1 rings (SSSR count). The summed E-state index contributed by atoms with van der Waals surface area (Å²) in [6.45, 7) is 2.50. The minimum Gasteiger partial charge on any atom is -0.306 e. The quantitative estimate of drug-likeness (QED) is 0.600. The second kappa shape index (κ2) is 5.16. The van der Waals surface area contributed by atoms with E-state index in [2.05, 4.69) is 18.0 Å². The van der Waals surface area contributed by atoms with Gasteiger partial charge in [0.2, 0.25) is 0 Å². The maximum atomic E-state index is 8.39. The van der Waals surface area contributed by atoms with Crippen LogP contribution in [-0.2, 0) is 0 Å². The van der Waals surface area contributed by atoms with E-state index in [1.807, 2.05) is 0 Å². The summed E-state index contributed by atoms with van der Waals surface area (Å²) in [4.78, 5) is 2.40. The van der Waals surface area contributed by atoms with Crippen LogP contribution < -0.4 is 0 Å². The normalized spacial score (nSPS) is 25.2. The Morgan fingerprint density at radius 1 is 1.58 bits per heavy atom. The highest BCUT2D eigenvalue weighted by molar-refractivity contribution is 4.74. The van der Waals surface area contributed by atoms with Gasteiger partial charge in [0, 0.05) is 13.0 Å². The molecule has 1 saturated heterocycles. The van der Waals surface area contributed by atoms with Gasteiger partial charge in [0.25, 0.3) is 0 Å². The van der Waals surface area contributed by atoms with E-state index in [1.54, 1.807) is 0 Å². The molecule has 0 aliphatic carbocycles. The first-order chi connectivity index (χ1) is 5.83. The molecule has 2 heteroatoms. The topological polar surface area (TPSA) is 27.0 Å². The number of likely N-dealkylation sites (tertiary alicyclic amines) is 1. The van der Waals surface area contributed by atoms with Crippen molar-refractivity contribution in [1.29, 1.82) is 5.26 Å². The largest absolute Gasteiger partial charge is 0.306 e. The Labute approximate surface area is 75.2 Å². The van der Waals surface area contributed by atoms with Crippen LogP contribution in [0.1, 0.15) is 32.1 Å². The van der Waals surface area contributed by atoms with E-state index >= 15 is 0 Å². The fourth-order valence-corrected chi connectivity index (χ4v) is 1.98. The zero-order valence-electron chi connectivity index (χ0n) is 7.92. The predicted octanol–water partition coefficient (Wildman–Crippen LogP) is 2.02. The summed E-state index contributed by atoms with van der Waals surface area (Å²) in [5, 5.41) is 8.39. The number of unbranched alkanes of at least 4 members (excludes halogenated alkanes) is 1. The molecule has 0 N–H and O–H groups in total. The molecule has 0 aromatic carbocycles. The van der Waals surface area contributed by atoms with Gasteiger partial charge >= 0.3 is 0 Å². The van der Waals surface area contributed by atoms with Crippen LogP contribution in [0.5, 0.6) is 0 Å². The average molecular weight is 166 g/mol. The Morgan fingerprint density at radius 2 is 2.42 bits per heavy atom. The Morgan fingerprint density at radius 3 is 3.08 bits per heavy atom. The van der Waals surface area contributed by atoms with Crippen molar-refractivity contribution in [2.24, 2.45) is 5.92 Å². The second-order valence-electron chi connectivity index (χ2n) is 3.82. The average Bonchev–Trinajstić information content (AvgIpc) is 2.05. The summed E-state index contributed by atoms with van der Waals surface area (Å²) in [6.07, 6.45) is 5.79. The number of hydrogen-bond donors (Lipinski definition) is 0. The molecule has 0 amide bonds. The zero-order valence-corrected chi connectivity index (χ0v) is 7.92. The maximum Gasteiger partial charge on any atom is 0.0621 e. The van der Waals surface area contributed by atoms with Gasteiger partial charge in [-0.1, -0.05) is 0 Å². The third-order valence-corrected chi connectivity index (χ3v) is 2.62. The molecule has 68 valence electrons. The molecule has 0 saturated carbocycles. The Balaban J connectivity index is 2.11. The van der Waals surface area contributed by atoms with E-state index in [9.17, 15) is 0 Å². The number of hydrogen-bond acceptors (Lipinski definition) is 2. The zero-order chi connectivity index (χ0) is 8.81. The van der Waals surface area contributed by atoms with E-state index in [0.717, 1.165) is 18.8 Å². The third-order valence-electron chi connectivity index (χ3n) is 2.62. The molecular weight excluding hydrogens is 148 g/mol. The molecule has 0 spiro atoms. The minimum atomic E-state index is 0.736. The van der Waals surface area contributed by atoms with Gasteiger partial charge < -0.3 is 4.90 Å². The van der Waals surface area contributed by atoms with Crippen molar-refractivity contribution in [3.05, 3.63) is 0 Å². The first-order valence-corrected chi connectivity index (χ1v) is 4.88. The van der Waals surface area contributed by atoms with Gasteiger partial charge in [-0.25, -0.2) is 0 Å². The molecule has 12 heavy (non-hydrogen) atoms. The van der Waals surface area contributed by atoms with E-state index in [1.165, 1.54) is 32.4 Å². The molecule has 1 fully saturated rings. The van der Waals surface area contributed by atoms with E-state index < -0.39 is 0 Å². The molecule has 1 aliphatic heterocycles. The first kappa shape index (κ1) is 9.54. The number of nitrogens with zero attached hydrogens (tertiary/aromatic N) is 2. The van der Waals surface area contributed by atoms with Crippen molar-refractivity contribution in [2.45, 2.75) is 32.1 Å². The monoisotopic (exact) mass is 166 g/mol. The summed E-state index contributed by atoms with van der Waals surface area (Å²) in [6, 6.07) is 2.20. The van der Waals surface area contributed by atoms with Crippen molar-refractivity contribution in [1.82, 2.24) is 4.90 Å². The number of piperidine rings is 1. The van der Waals surface area contributed by atoms with Crippen molar-refractivity contribution in [3.63, 3.8) is 0 Å². The summed E-state index contributed by atoms with van der Waals surface area (Å²) in [5.41, 5.74) is 0. The van der Waals surface area contributed by atoms with Crippen LogP contribution in [0.3, 0.4) is 0 Å². The molecule has 1 heterocycles. The van der Waals surface area contributed by atoms with Crippen LogP contribution in [0.15, 0.2) is 0 Å². The highest BCUT2D eigenvalue weighted by Crippen LogP contribution is 2.20. The molecule has 0 aromatic rings. The summed E-state index contributed by atoms with van der Waals surface area (Å²) in [5.74, 6) is 0.858. The van der Waals surface area contributed by atoms with Crippen molar-refractivity contribution in [3.8, 4) is 6.07 Å². The van der Waals surface area contributed by atoms with Crippen molar-refractivity contribution >= 4 is 0 Å². The van der Waals surface area contributed by atoms with E-state index in [4.69, 9.17) is 5.26 Å². The molecule has 1 aliphatic rings. The second-order valence-corrected chi connectivity index (χ2v) is 3.82. The SMILES string of the molecule is CN1CCCC(CCCC#N)C1. The lowest BCUT2D eigenvalue weighted by Gasteiger charge is -2.29. The summed E-state index contributed by atoms with van der Waals surface area (Å²) in [7, 11) is 2.19. The van der Waals surface area contributed by atoms with Crippen LogP contribution in [-0.4, -0.2) is 25.0 Å². The van der Waals surface area contributed by atoms with Crippen molar-refractivity contribution < 1.29 is 0 Å². The van der Waals surface area contributed by atoms with Gasteiger partial charge in [0.05, 0.1) is 6.07 Å². The van der Waals surface area contributed by atoms with Gasteiger partial charge in [-0.15, -0.1) is 0 Å². The van der Waals surface area contributed by atoms with Gasteiger partial charge in [0.15, 0.2) is 0 Å². The van der Waals surface area contributed by atoms with Crippen LogP contribution in [0, 0.1) is 17.2 Å². The molecule has 0 bridgehead atoms. The number of rotatable bonds is 3. The Hall–Kier alpha value is -0.550. The summed E-state index contributed by atoms with van der Waals surface area (Å²) < 4.78 is 0. The van der Waals surface area contributed by atoms with Crippen LogP contribution in [0.4, 0.5) is 0 Å². The molecule has 1 atom stereocenters. The summed E-state index contributed by atoms with van der Waals surface area (Å²) >= 11 is 0. The highest BCUT2D eigenvalue weighted by atomic mass is 15.1. The molecule has 0 aromatic heterocycles. The van der Waals surface area contributed by atoms with Crippen LogP contribution in [0.2, 0.25) is 0 Å². The molecule has 1 unspecified atom stereocenters. The first-order valence-electron chi connectivity index (χ1n) is 4.88. The van der Waals surface area contributed by atoms with Gasteiger partial charge in [-0.3, -0.25) is 0 Å². The Kier molecular flexibility index (Phi) is 4.10. The molecule has 2 nitrogen and oxygen atoms in total. The van der Waals surface area contributed by atoms with Crippen molar-refractivity contribution in [2.75, 3.05) is 20.1 Å². The lowest BCUT2D eigenvalue weighted by Crippen LogP contribution is -2.31. The lowest BCUT2D eigenvalue weighted by atomic mass is 9.93. The standard InChI is InChI=1S/C10H18N2/c1-12-8-4-6-10(9-12)5-2-3-7-11/h10H,2-6,8-9H2,1H3. The van der Waals surface area contributed by atoms with Gasteiger partial charge in [-0.2, -0.15) is 5.26 Å². The van der Waals surface area contributed by atoms with Gasteiger partial charge in [0.1, 0.15) is 0 Å².